The molecular weight excluding hydrogens is 260 g/mol. The first kappa shape index (κ1) is 14.4. The molecule has 3 unspecified atom stereocenters. The lowest BCUT2D eigenvalue weighted by Crippen LogP contribution is -2.34. The highest BCUT2D eigenvalue weighted by Gasteiger charge is 2.40. The first-order valence-electron chi connectivity index (χ1n) is 8.12. The lowest BCUT2D eigenvalue weighted by atomic mass is 9.88. The number of hydrogen-bond donors (Lipinski definition) is 1. The average Bonchev–Trinajstić information content (AvgIpc) is 3.08. The SMILES string of the molecule is CNc1cc(C)ccc1C(=O)N(C)CC1CC2CCC1C2. The molecule has 3 atom stereocenters. The molecule has 114 valence electrons. The number of anilines is 1. The molecule has 3 heteroatoms. The largest absolute Gasteiger partial charge is 0.387 e. The van der Waals surface area contributed by atoms with E-state index in [1.807, 2.05) is 44.1 Å². The summed E-state index contributed by atoms with van der Waals surface area (Å²) in [5.41, 5.74) is 2.89. The minimum Gasteiger partial charge on any atom is -0.387 e. The fourth-order valence-corrected chi connectivity index (χ4v) is 4.29. The molecule has 0 aliphatic heterocycles. The number of carbonyl (C=O) groups excluding carboxylic acids is 1. The summed E-state index contributed by atoms with van der Waals surface area (Å²) in [5, 5.41) is 3.15. The van der Waals surface area contributed by atoms with Crippen LogP contribution in [-0.2, 0) is 0 Å². The van der Waals surface area contributed by atoms with Gasteiger partial charge in [-0.05, 0) is 61.6 Å². The Kier molecular flexibility index (Phi) is 3.92. The van der Waals surface area contributed by atoms with Crippen molar-refractivity contribution in [3.05, 3.63) is 29.3 Å². The van der Waals surface area contributed by atoms with Crippen molar-refractivity contribution in [1.82, 2.24) is 4.90 Å². The number of nitrogens with one attached hydrogen (secondary N) is 1. The van der Waals surface area contributed by atoms with E-state index < -0.39 is 0 Å². The molecule has 0 saturated heterocycles. The van der Waals surface area contributed by atoms with Gasteiger partial charge in [-0.25, -0.2) is 0 Å². The molecule has 0 spiro atoms. The second kappa shape index (κ2) is 5.70. The number of fused-ring (bicyclic) bond motifs is 2. The van der Waals surface area contributed by atoms with Crippen molar-refractivity contribution in [2.75, 3.05) is 26.0 Å². The maximum atomic E-state index is 12.7. The van der Waals surface area contributed by atoms with Gasteiger partial charge in [-0.2, -0.15) is 0 Å². The maximum Gasteiger partial charge on any atom is 0.255 e. The van der Waals surface area contributed by atoms with E-state index in [0.29, 0.717) is 0 Å². The Morgan fingerprint density at radius 3 is 2.76 bits per heavy atom. The van der Waals surface area contributed by atoms with Gasteiger partial charge in [0.15, 0.2) is 0 Å². The lowest BCUT2D eigenvalue weighted by molar-refractivity contribution is 0.0755. The van der Waals surface area contributed by atoms with Gasteiger partial charge in [0.25, 0.3) is 5.91 Å². The van der Waals surface area contributed by atoms with E-state index in [0.717, 1.165) is 35.5 Å². The predicted molar refractivity (Wildman–Crippen MR) is 86.6 cm³/mol. The van der Waals surface area contributed by atoms with Gasteiger partial charge >= 0.3 is 0 Å². The summed E-state index contributed by atoms with van der Waals surface area (Å²) in [4.78, 5) is 14.6. The normalized spacial score (nSPS) is 26.9. The van der Waals surface area contributed by atoms with E-state index in [2.05, 4.69) is 5.32 Å². The van der Waals surface area contributed by atoms with Gasteiger partial charge in [-0.15, -0.1) is 0 Å². The van der Waals surface area contributed by atoms with Gasteiger partial charge in [-0.1, -0.05) is 12.5 Å². The first-order valence-corrected chi connectivity index (χ1v) is 8.12. The Balaban J connectivity index is 1.70. The van der Waals surface area contributed by atoms with Crippen LogP contribution >= 0.6 is 0 Å². The number of nitrogens with zero attached hydrogens (tertiary/aromatic N) is 1. The van der Waals surface area contributed by atoms with Crippen LogP contribution in [0.5, 0.6) is 0 Å². The fraction of sp³-hybridized carbons (Fsp3) is 0.611. The number of carbonyl (C=O) groups is 1. The molecule has 3 nitrogen and oxygen atoms in total. The maximum absolute atomic E-state index is 12.7. The molecule has 0 heterocycles. The second-order valence-corrected chi connectivity index (χ2v) is 6.92. The molecule has 2 aliphatic carbocycles. The zero-order valence-electron chi connectivity index (χ0n) is 13.4. The zero-order valence-corrected chi connectivity index (χ0v) is 13.4. The Morgan fingerprint density at radius 2 is 2.14 bits per heavy atom. The van der Waals surface area contributed by atoms with Crippen LogP contribution in [0.3, 0.4) is 0 Å². The summed E-state index contributed by atoms with van der Waals surface area (Å²) >= 11 is 0. The van der Waals surface area contributed by atoms with Crippen LogP contribution in [0.1, 0.15) is 41.6 Å². The molecule has 3 rings (SSSR count). The minimum absolute atomic E-state index is 0.141. The summed E-state index contributed by atoms with van der Waals surface area (Å²) in [5.74, 6) is 2.67. The summed E-state index contributed by atoms with van der Waals surface area (Å²) in [7, 11) is 3.83. The summed E-state index contributed by atoms with van der Waals surface area (Å²) in [6.07, 6.45) is 5.53. The summed E-state index contributed by atoms with van der Waals surface area (Å²) in [6.45, 7) is 2.96. The number of rotatable bonds is 4. The van der Waals surface area contributed by atoms with Crippen molar-refractivity contribution in [2.24, 2.45) is 17.8 Å². The molecule has 21 heavy (non-hydrogen) atoms. The zero-order chi connectivity index (χ0) is 15.0. The van der Waals surface area contributed by atoms with Gasteiger partial charge < -0.3 is 10.2 Å². The number of amides is 1. The van der Waals surface area contributed by atoms with E-state index in [9.17, 15) is 4.79 Å². The van der Waals surface area contributed by atoms with Gasteiger partial charge in [0, 0.05) is 26.3 Å². The van der Waals surface area contributed by atoms with Crippen LogP contribution in [0.15, 0.2) is 18.2 Å². The third kappa shape index (κ3) is 2.78. The molecule has 1 aromatic carbocycles. The molecule has 1 N–H and O–H groups in total. The van der Waals surface area contributed by atoms with Crippen LogP contribution in [0.2, 0.25) is 0 Å². The Morgan fingerprint density at radius 1 is 1.33 bits per heavy atom. The smallest absolute Gasteiger partial charge is 0.255 e. The highest BCUT2D eigenvalue weighted by molar-refractivity contribution is 5.99. The lowest BCUT2D eigenvalue weighted by Gasteiger charge is -2.27. The van der Waals surface area contributed by atoms with Crippen LogP contribution in [0, 0.1) is 24.7 Å². The van der Waals surface area contributed by atoms with E-state index in [-0.39, 0.29) is 5.91 Å². The van der Waals surface area contributed by atoms with Gasteiger partial charge in [-0.3, -0.25) is 4.79 Å². The highest BCUT2D eigenvalue weighted by Crippen LogP contribution is 2.48. The minimum atomic E-state index is 0.141. The quantitative estimate of drug-likeness (QED) is 0.918. The molecule has 1 aromatic rings. The molecule has 2 fully saturated rings. The average molecular weight is 286 g/mol. The molecule has 0 radical (unpaired) electrons. The molecule has 2 saturated carbocycles. The molecule has 1 amide bonds. The van der Waals surface area contributed by atoms with Crippen molar-refractivity contribution < 1.29 is 4.79 Å². The first-order chi connectivity index (χ1) is 10.1. The second-order valence-electron chi connectivity index (χ2n) is 6.92. The molecular formula is C18H26N2O. The third-order valence-corrected chi connectivity index (χ3v) is 5.41. The van der Waals surface area contributed by atoms with E-state index in [1.54, 1.807) is 0 Å². The Labute approximate surface area is 127 Å². The highest BCUT2D eigenvalue weighted by atomic mass is 16.2. The Bertz CT molecular complexity index is 540. The van der Waals surface area contributed by atoms with Crippen LogP contribution in [-0.4, -0.2) is 31.4 Å². The van der Waals surface area contributed by atoms with Crippen molar-refractivity contribution in [1.29, 1.82) is 0 Å². The van der Waals surface area contributed by atoms with Crippen molar-refractivity contribution in [3.8, 4) is 0 Å². The van der Waals surface area contributed by atoms with Gasteiger partial charge in [0.05, 0.1) is 5.56 Å². The monoisotopic (exact) mass is 286 g/mol. The number of benzene rings is 1. The molecule has 2 bridgehead atoms. The Hall–Kier alpha value is -1.51. The fourth-order valence-electron chi connectivity index (χ4n) is 4.29. The van der Waals surface area contributed by atoms with Gasteiger partial charge in [0.2, 0.25) is 0 Å². The van der Waals surface area contributed by atoms with Crippen molar-refractivity contribution in [3.63, 3.8) is 0 Å². The summed E-state index contributed by atoms with van der Waals surface area (Å²) < 4.78 is 0. The van der Waals surface area contributed by atoms with Crippen LogP contribution < -0.4 is 5.32 Å². The predicted octanol–water partition coefficient (Wildman–Crippen LogP) is 3.54. The van der Waals surface area contributed by atoms with E-state index in [1.165, 1.54) is 31.2 Å². The topological polar surface area (TPSA) is 32.3 Å². The third-order valence-electron chi connectivity index (χ3n) is 5.41. The van der Waals surface area contributed by atoms with Gasteiger partial charge in [0.1, 0.15) is 0 Å². The van der Waals surface area contributed by atoms with E-state index in [4.69, 9.17) is 0 Å². The van der Waals surface area contributed by atoms with Crippen LogP contribution in [0.4, 0.5) is 5.69 Å². The van der Waals surface area contributed by atoms with E-state index >= 15 is 0 Å². The summed E-state index contributed by atoms with van der Waals surface area (Å²) in [6, 6.07) is 6.00. The van der Waals surface area contributed by atoms with Crippen molar-refractivity contribution >= 4 is 11.6 Å². The number of hydrogen-bond acceptors (Lipinski definition) is 2. The number of aryl methyl sites for hydroxylation is 1. The molecule has 0 aromatic heterocycles. The standard InChI is InChI=1S/C18H26N2O/c1-12-4-7-16(17(8-12)19-2)18(21)20(3)11-15-10-13-5-6-14(15)9-13/h4,7-8,13-15,19H,5-6,9-11H2,1-3H3. The van der Waals surface area contributed by atoms with Crippen molar-refractivity contribution in [2.45, 2.75) is 32.6 Å². The molecule has 2 aliphatic rings. The van der Waals surface area contributed by atoms with Crippen LogP contribution in [0.25, 0.3) is 0 Å².